The van der Waals surface area contributed by atoms with Crippen LogP contribution in [0.4, 0.5) is 4.39 Å². The number of hydrogen-bond acceptors (Lipinski definition) is 4. The molecule has 3 rings (SSSR count). The molecule has 1 aromatic heterocycles. The molecule has 23 heavy (non-hydrogen) atoms. The van der Waals surface area contributed by atoms with Crippen molar-refractivity contribution < 1.29 is 13.9 Å². The second-order valence-corrected chi connectivity index (χ2v) is 6.57. The Morgan fingerprint density at radius 3 is 2.91 bits per heavy atom. The zero-order valence-electron chi connectivity index (χ0n) is 12.8. The molecule has 0 spiro atoms. The Morgan fingerprint density at radius 1 is 1.39 bits per heavy atom. The maximum absolute atomic E-state index is 13.4. The number of aromatic nitrogens is 2. The summed E-state index contributed by atoms with van der Waals surface area (Å²) in [6.07, 6.45) is 3.42. The zero-order valence-corrected chi connectivity index (χ0v) is 13.6. The van der Waals surface area contributed by atoms with Crippen molar-refractivity contribution in [2.24, 2.45) is 0 Å². The van der Waals surface area contributed by atoms with Gasteiger partial charge in [-0.15, -0.1) is 0 Å². The number of carbonyl (C=O) groups excluding carboxylic acids is 1. The topological polar surface area (TPSA) is 47.4 Å². The second-order valence-electron chi connectivity index (χ2n) is 5.26. The third-order valence-corrected chi connectivity index (χ3v) is 4.71. The number of rotatable bonds is 4. The normalized spacial score (nSPS) is 16.3. The van der Waals surface area contributed by atoms with Crippen LogP contribution in [0.25, 0.3) is 5.69 Å². The van der Waals surface area contributed by atoms with Crippen molar-refractivity contribution in [3.8, 4) is 5.69 Å². The number of imidazole rings is 1. The molecular weight excluding hydrogens is 317 g/mol. The van der Waals surface area contributed by atoms with Crippen molar-refractivity contribution in [1.29, 1.82) is 0 Å². The maximum atomic E-state index is 13.4. The van der Waals surface area contributed by atoms with Gasteiger partial charge < -0.3 is 9.64 Å². The highest BCUT2D eigenvalue weighted by Gasteiger charge is 2.24. The Labute approximate surface area is 138 Å². The van der Waals surface area contributed by atoms with E-state index in [2.05, 4.69) is 4.98 Å². The number of hydrogen-bond donors (Lipinski definition) is 0. The summed E-state index contributed by atoms with van der Waals surface area (Å²) >= 11 is 1.38. The summed E-state index contributed by atoms with van der Waals surface area (Å²) in [5, 5.41) is 0.410. The van der Waals surface area contributed by atoms with Gasteiger partial charge in [0.05, 0.1) is 24.2 Å². The summed E-state index contributed by atoms with van der Waals surface area (Å²) in [6.45, 7) is 4.29. The third kappa shape index (κ3) is 3.73. The van der Waals surface area contributed by atoms with Gasteiger partial charge in [-0.2, -0.15) is 0 Å². The first-order valence-electron chi connectivity index (χ1n) is 7.47. The fourth-order valence-corrected chi connectivity index (χ4v) is 3.42. The van der Waals surface area contributed by atoms with E-state index in [-0.39, 0.29) is 17.0 Å². The van der Waals surface area contributed by atoms with Crippen LogP contribution < -0.4 is 0 Å². The highest BCUT2D eigenvalue weighted by Crippen LogP contribution is 2.26. The number of carbonyl (C=O) groups is 1. The van der Waals surface area contributed by atoms with E-state index < -0.39 is 0 Å². The summed E-state index contributed by atoms with van der Waals surface area (Å²) in [7, 11) is 0. The van der Waals surface area contributed by atoms with Crippen LogP contribution in [0.3, 0.4) is 0 Å². The summed E-state index contributed by atoms with van der Waals surface area (Å²) in [4.78, 5) is 18.6. The second kappa shape index (κ2) is 7.14. The third-order valence-electron chi connectivity index (χ3n) is 3.65. The Morgan fingerprint density at radius 2 is 2.17 bits per heavy atom. The number of thioether (sulfide) groups is 1. The molecule has 1 aromatic carbocycles. The van der Waals surface area contributed by atoms with Crippen LogP contribution in [0, 0.1) is 5.82 Å². The van der Waals surface area contributed by atoms with Crippen LogP contribution in [0.2, 0.25) is 0 Å². The standard InChI is InChI=1S/C16H18FN3O2S/c1-12(15(21)19-7-9-22-10-8-19)23-16-18-5-6-20(16)14-4-2-3-13(17)11-14/h2-6,11-12H,7-10H2,1H3/t12-/m1/s1. The quantitative estimate of drug-likeness (QED) is 0.805. The lowest BCUT2D eigenvalue weighted by atomic mass is 10.3. The minimum absolute atomic E-state index is 0.0760. The van der Waals surface area contributed by atoms with E-state index in [0.717, 1.165) is 0 Å². The average Bonchev–Trinajstić information content (AvgIpc) is 3.03. The van der Waals surface area contributed by atoms with E-state index in [1.54, 1.807) is 23.0 Å². The van der Waals surface area contributed by atoms with Gasteiger partial charge in [0.1, 0.15) is 5.82 Å². The van der Waals surface area contributed by atoms with Crippen molar-refractivity contribution in [2.45, 2.75) is 17.3 Å². The molecule has 122 valence electrons. The van der Waals surface area contributed by atoms with Crippen LogP contribution in [0.15, 0.2) is 41.8 Å². The molecule has 2 aromatic rings. The Kier molecular flexibility index (Phi) is 4.97. The van der Waals surface area contributed by atoms with Gasteiger partial charge in [-0.3, -0.25) is 9.36 Å². The molecule has 1 atom stereocenters. The molecule has 1 amide bonds. The molecule has 7 heteroatoms. The number of nitrogens with zero attached hydrogens (tertiary/aromatic N) is 3. The van der Waals surface area contributed by atoms with E-state index >= 15 is 0 Å². The van der Waals surface area contributed by atoms with Gasteiger partial charge in [0.15, 0.2) is 5.16 Å². The zero-order chi connectivity index (χ0) is 16.2. The highest BCUT2D eigenvalue weighted by molar-refractivity contribution is 8.00. The van der Waals surface area contributed by atoms with E-state index in [9.17, 15) is 9.18 Å². The molecule has 5 nitrogen and oxygen atoms in total. The first kappa shape index (κ1) is 16.0. The van der Waals surface area contributed by atoms with E-state index in [0.29, 0.717) is 37.1 Å². The maximum Gasteiger partial charge on any atom is 0.236 e. The predicted molar refractivity (Wildman–Crippen MR) is 86.2 cm³/mol. The number of benzene rings is 1. The van der Waals surface area contributed by atoms with Crippen LogP contribution in [-0.2, 0) is 9.53 Å². The van der Waals surface area contributed by atoms with Crippen molar-refractivity contribution in [1.82, 2.24) is 14.5 Å². The summed E-state index contributed by atoms with van der Waals surface area (Å²) in [5.74, 6) is -0.225. The Hall–Kier alpha value is -1.86. The lowest BCUT2D eigenvalue weighted by Crippen LogP contribution is -2.44. The van der Waals surface area contributed by atoms with Gasteiger partial charge in [0, 0.05) is 25.5 Å². The molecular formula is C16H18FN3O2S. The van der Waals surface area contributed by atoms with Crippen LogP contribution >= 0.6 is 11.8 Å². The highest BCUT2D eigenvalue weighted by atomic mass is 32.2. The number of halogens is 1. The van der Waals surface area contributed by atoms with Crippen LogP contribution in [-0.4, -0.2) is 51.9 Å². The molecule has 1 aliphatic heterocycles. The molecule has 0 aliphatic carbocycles. The van der Waals surface area contributed by atoms with Gasteiger partial charge in [-0.1, -0.05) is 17.8 Å². The minimum Gasteiger partial charge on any atom is -0.378 e. The van der Waals surface area contributed by atoms with E-state index in [4.69, 9.17) is 4.74 Å². The van der Waals surface area contributed by atoms with Crippen LogP contribution in [0.5, 0.6) is 0 Å². The lowest BCUT2D eigenvalue weighted by Gasteiger charge is -2.28. The van der Waals surface area contributed by atoms with Gasteiger partial charge in [-0.25, -0.2) is 9.37 Å². The fourth-order valence-electron chi connectivity index (χ4n) is 2.45. The molecule has 0 saturated carbocycles. The minimum atomic E-state index is -0.301. The molecule has 0 unspecified atom stereocenters. The fraction of sp³-hybridized carbons (Fsp3) is 0.375. The van der Waals surface area contributed by atoms with Crippen molar-refractivity contribution in [3.05, 3.63) is 42.5 Å². The summed E-state index contributed by atoms with van der Waals surface area (Å²) in [6, 6.07) is 6.31. The molecule has 0 radical (unpaired) electrons. The Balaban J connectivity index is 1.73. The smallest absolute Gasteiger partial charge is 0.236 e. The summed E-state index contributed by atoms with van der Waals surface area (Å²) < 4.78 is 20.5. The lowest BCUT2D eigenvalue weighted by molar-refractivity contribution is -0.134. The first-order chi connectivity index (χ1) is 11.1. The van der Waals surface area contributed by atoms with Crippen molar-refractivity contribution >= 4 is 17.7 Å². The number of ether oxygens (including phenoxy) is 1. The molecule has 2 heterocycles. The van der Waals surface area contributed by atoms with Gasteiger partial charge in [-0.05, 0) is 25.1 Å². The van der Waals surface area contributed by atoms with Crippen LogP contribution in [0.1, 0.15) is 6.92 Å². The van der Waals surface area contributed by atoms with E-state index in [1.165, 1.54) is 23.9 Å². The predicted octanol–water partition coefficient (Wildman–Crippen LogP) is 2.35. The first-order valence-corrected chi connectivity index (χ1v) is 8.35. The SMILES string of the molecule is C[C@@H](Sc1nccn1-c1cccc(F)c1)C(=O)N1CCOCC1. The molecule has 1 saturated heterocycles. The van der Waals surface area contributed by atoms with Crippen molar-refractivity contribution in [2.75, 3.05) is 26.3 Å². The average molecular weight is 335 g/mol. The van der Waals surface area contributed by atoms with Gasteiger partial charge in [0.25, 0.3) is 0 Å². The molecule has 0 N–H and O–H groups in total. The molecule has 1 fully saturated rings. The monoisotopic (exact) mass is 335 g/mol. The number of morpholine rings is 1. The molecule has 1 aliphatic rings. The summed E-state index contributed by atoms with van der Waals surface area (Å²) in [5.41, 5.74) is 0.691. The molecule has 0 bridgehead atoms. The number of amides is 1. The largest absolute Gasteiger partial charge is 0.378 e. The Bertz CT molecular complexity index is 685. The van der Waals surface area contributed by atoms with E-state index in [1.807, 2.05) is 17.9 Å². The van der Waals surface area contributed by atoms with Gasteiger partial charge in [0.2, 0.25) is 5.91 Å². The van der Waals surface area contributed by atoms with Gasteiger partial charge >= 0.3 is 0 Å². The van der Waals surface area contributed by atoms with Crippen molar-refractivity contribution in [3.63, 3.8) is 0 Å².